The van der Waals surface area contributed by atoms with Gasteiger partial charge in [-0.15, -0.1) is 10.2 Å². The molecule has 0 fully saturated rings. The first-order valence-electron chi connectivity index (χ1n) is 10.2. The number of aromatic nitrogens is 5. The highest BCUT2D eigenvalue weighted by atomic mass is 16.5. The molecule has 0 aliphatic heterocycles. The molecular formula is C24H24N6O2. The number of aromatic amines is 1. The number of aryl methyl sites for hydroxylation is 2. The third kappa shape index (κ3) is 4.34. The minimum atomic E-state index is -0.160. The first-order chi connectivity index (χ1) is 15.4. The van der Waals surface area contributed by atoms with Crippen molar-refractivity contribution in [2.75, 3.05) is 5.32 Å². The number of pyridine rings is 1. The van der Waals surface area contributed by atoms with Gasteiger partial charge in [-0.05, 0) is 42.7 Å². The molecule has 0 atom stereocenters. The number of H-pyrrole nitrogens is 1. The van der Waals surface area contributed by atoms with Gasteiger partial charge in [-0.25, -0.2) is 0 Å². The van der Waals surface area contributed by atoms with Gasteiger partial charge in [0.1, 0.15) is 18.0 Å². The highest BCUT2D eigenvalue weighted by molar-refractivity contribution is 5.91. The van der Waals surface area contributed by atoms with Gasteiger partial charge in [-0.1, -0.05) is 48.5 Å². The molecule has 0 saturated heterocycles. The zero-order valence-electron chi connectivity index (χ0n) is 18.4. The summed E-state index contributed by atoms with van der Waals surface area (Å²) in [6.07, 6.45) is 0. The summed E-state index contributed by atoms with van der Waals surface area (Å²) >= 11 is 0. The van der Waals surface area contributed by atoms with Gasteiger partial charge in [-0.3, -0.25) is 9.78 Å². The molecule has 0 bridgehead atoms. The van der Waals surface area contributed by atoms with Crippen molar-refractivity contribution in [3.05, 3.63) is 71.0 Å². The minimum Gasteiger partial charge on any atom is -0.486 e. The number of tetrazole rings is 1. The highest BCUT2D eigenvalue weighted by Crippen LogP contribution is 2.34. The summed E-state index contributed by atoms with van der Waals surface area (Å²) in [5.41, 5.74) is 7.10. The third-order valence-corrected chi connectivity index (χ3v) is 5.27. The largest absolute Gasteiger partial charge is 0.486 e. The Labute approximate surface area is 186 Å². The fourth-order valence-electron chi connectivity index (χ4n) is 3.55. The topological polar surface area (TPSA) is 106 Å². The van der Waals surface area contributed by atoms with E-state index < -0.39 is 0 Å². The van der Waals surface area contributed by atoms with Crippen molar-refractivity contribution in [2.45, 2.75) is 34.3 Å². The molecule has 8 nitrogen and oxygen atoms in total. The van der Waals surface area contributed by atoms with Crippen LogP contribution in [-0.4, -0.2) is 31.5 Å². The van der Waals surface area contributed by atoms with Crippen molar-refractivity contribution in [3.63, 3.8) is 0 Å². The van der Waals surface area contributed by atoms with E-state index in [1.54, 1.807) is 0 Å². The molecule has 2 heterocycles. The van der Waals surface area contributed by atoms with Gasteiger partial charge in [0.2, 0.25) is 11.7 Å². The Balaban J connectivity index is 1.58. The molecule has 4 rings (SSSR count). The fraction of sp³-hybridized carbons (Fsp3) is 0.208. The Morgan fingerprint density at radius 3 is 2.38 bits per heavy atom. The molecule has 8 heteroatoms. The zero-order chi connectivity index (χ0) is 22.7. The van der Waals surface area contributed by atoms with Crippen LogP contribution >= 0.6 is 0 Å². The van der Waals surface area contributed by atoms with Crippen molar-refractivity contribution < 1.29 is 9.53 Å². The molecule has 0 aliphatic carbocycles. The number of benzene rings is 2. The normalized spacial score (nSPS) is 10.8. The number of carbonyl (C=O) groups is 1. The lowest BCUT2D eigenvalue weighted by Crippen LogP contribution is -2.12. The standard InChI is InChI=1S/C24H24N6O2/c1-14-15(2)25-16(3)22(26-17(4)31)23(14)32-13-18-9-11-19(12-10-18)20-7-5-6-8-21(20)24-27-29-30-28-24/h5-12H,13H2,1-4H3,(H,26,31)(H,27,28,29,30). The van der Waals surface area contributed by atoms with E-state index in [9.17, 15) is 4.79 Å². The lowest BCUT2D eigenvalue weighted by Gasteiger charge is -2.18. The Morgan fingerprint density at radius 1 is 1.00 bits per heavy atom. The molecule has 2 aromatic heterocycles. The molecule has 162 valence electrons. The Bertz CT molecular complexity index is 1250. The summed E-state index contributed by atoms with van der Waals surface area (Å²) in [4.78, 5) is 16.2. The maximum atomic E-state index is 11.7. The maximum Gasteiger partial charge on any atom is 0.221 e. The van der Waals surface area contributed by atoms with Gasteiger partial charge in [0, 0.05) is 23.7 Å². The maximum absolute atomic E-state index is 11.7. The van der Waals surface area contributed by atoms with E-state index in [1.807, 2.05) is 69.3 Å². The number of hydrogen-bond acceptors (Lipinski definition) is 6. The summed E-state index contributed by atoms with van der Waals surface area (Å²) in [6, 6.07) is 16.1. The number of nitrogens with one attached hydrogen (secondary N) is 2. The van der Waals surface area contributed by atoms with Crippen LogP contribution in [0.15, 0.2) is 48.5 Å². The second-order valence-corrected chi connectivity index (χ2v) is 7.56. The van der Waals surface area contributed by atoms with Crippen molar-refractivity contribution in [1.29, 1.82) is 0 Å². The van der Waals surface area contributed by atoms with Gasteiger partial charge in [0.15, 0.2) is 0 Å². The smallest absolute Gasteiger partial charge is 0.221 e. The Hall–Kier alpha value is -4.07. The van der Waals surface area contributed by atoms with Gasteiger partial charge < -0.3 is 10.1 Å². The summed E-state index contributed by atoms with van der Waals surface area (Å²) in [5, 5.41) is 17.2. The van der Waals surface area contributed by atoms with Crippen LogP contribution in [0.5, 0.6) is 5.75 Å². The molecule has 0 saturated carbocycles. The molecule has 0 unspecified atom stereocenters. The van der Waals surface area contributed by atoms with E-state index in [0.717, 1.165) is 39.2 Å². The monoisotopic (exact) mass is 428 g/mol. The van der Waals surface area contributed by atoms with Crippen molar-refractivity contribution >= 4 is 11.6 Å². The molecular weight excluding hydrogens is 404 g/mol. The Kier molecular flexibility index (Phi) is 5.93. The van der Waals surface area contributed by atoms with Crippen LogP contribution in [0.3, 0.4) is 0 Å². The number of carbonyl (C=O) groups excluding carboxylic acids is 1. The van der Waals surface area contributed by atoms with Crippen molar-refractivity contribution in [2.24, 2.45) is 0 Å². The van der Waals surface area contributed by atoms with Crippen molar-refractivity contribution in [3.8, 4) is 28.3 Å². The third-order valence-electron chi connectivity index (χ3n) is 5.27. The molecule has 1 amide bonds. The van der Waals surface area contributed by atoms with Crippen LogP contribution in [0.25, 0.3) is 22.5 Å². The summed E-state index contributed by atoms with van der Waals surface area (Å²) < 4.78 is 6.16. The van der Waals surface area contributed by atoms with Crippen LogP contribution < -0.4 is 10.1 Å². The molecule has 2 N–H and O–H groups in total. The molecule has 0 radical (unpaired) electrons. The van der Waals surface area contributed by atoms with Gasteiger partial charge in [-0.2, -0.15) is 5.21 Å². The van der Waals surface area contributed by atoms with Crippen LogP contribution in [0.1, 0.15) is 29.4 Å². The first kappa shape index (κ1) is 21.2. The van der Waals surface area contributed by atoms with E-state index >= 15 is 0 Å². The SMILES string of the molecule is CC(=O)Nc1c(C)nc(C)c(C)c1OCc1ccc(-c2ccccc2-c2nn[nH]n2)cc1. The van der Waals surface area contributed by atoms with Gasteiger partial charge in [0.05, 0.1) is 5.69 Å². The van der Waals surface area contributed by atoms with Gasteiger partial charge >= 0.3 is 0 Å². The highest BCUT2D eigenvalue weighted by Gasteiger charge is 2.16. The first-order valence-corrected chi connectivity index (χ1v) is 10.2. The predicted molar refractivity (Wildman–Crippen MR) is 122 cm³/mol. The van der Waals surface area contributed by atoms with Crippen molar-refractivity contribution in [1.82, 2.24) is 25.6 Å². The number of rotatable bonds is 6. The molecule has 4 aromatic rings. The summed E-state index contributed by atoms with van der Waals surface area (Å²) in [7, 11) is 0. The van der Waals surface area contributed by atoms with Crippen LogP contribution in [0.2, 0.25) is 0 Å². The summed E-state index contributed by atoms with van der Waals surface area (Å²) in [5.74, 6) is 1.04. The van der Waals surface area contributed by atoms with E-state index in [1.165, 1.54) is 6.92 Å². The number of ether oxygens (including phenoxy) is 1. The molecule has 2 aromatic carbocycles. The number of nitrogens with zero attached hydrogens (tertiary/aromatic N) is 4. The van der Waals surface area contributed by atoms with Crippen LogP contribution in [-0.2, 0) is 11.4 Å². The number of anilines is 1. The lowest BCUT2D eigenvalue weighted by atomic mass is 9.98. The molecule has 0 aliphatic rings. The minimum absolute atomic E-state index is 0.160. The lowest BCUT2D eigenvalue weighted by molar-refractivity contribution is -0.114. The Morgan fingerprint density at radius 2 is 1.72 bits per heavy atom. The predicted octanol–water partition coefficient (Wildman–Crippen LogP) is 4.39. The number of amides is 1. The quantitative estimate of drug-likeness (QED) is 0.472. The average Bonchev–Trinajstić information content (AvgIpc) is 3.32. The van der Waals surface area contributed by atoms with Crippen LogP contribution in [0.4, 0.5) is 5.69 Å². The van der Waals surface area contributed by atoms with E-state index in [2.05, 4.69) is 30.9 Å². The van der Waals surface area contributed by atoms with Crippen LogP contribution in [0, 0.1) is 20.8 Å². The second kappa shape index (κ2) is 8.97. The van der Waals surface area contributed by atoms with E-state index in [-0.39, 0.29) is 5.91 Å². The second-order valence-electron chi connectivity index (χ2n) is 7.56. The summed E-state index contributed by atoms with van der Waals surface area (Å²) in [6.45, 7) is 7.58. The molecule has 0 spiro atoms. The zero-order valence-corrected chi connectivity index (χ0v) is 18.4. The van der Waals surface area contributed by atoms with Gasteiger partial charge in [0.25, 0.3) is 0 Å². The average molecular weight is 428 g/mol. The van der Waals surface area contributed by atoms with E-state index in [4.69, 9.17) is 4.74 Å². The van der Waals surface area contributed by atoms with E-state index in [0.29, 0.717) is 23.9 Å². The molecule has 32 heavy (non-hydrogen) atoms. The fourth-order valence-corrected chi connectivity index (χ4v) is 3.55. The number of hydrogen-bond donors (Lipinski definition) is 2.